The van der Waals surface area contributed by atoms with E-state index in [2.05, 4.69) is 28.1 Å². The molecule has 0 amide bonds. The van der Waals surface area contributed by atoms with E-state index >= 15 is 0 Å². The summed E-state index contributed by atoms with van der Waals surface area (Å²) in [5.41, 5.74) is 8.78. The Morgan fingerprint density at radius 1 is 1.18 bits per heavy atom. The second-order valence-corrected chi connectivity index (χ2v) is 5.93. The molecule has 4 nitrogen and oxygen atoms in total. The van der Waals surface area contributed by atoms with Crippen molar-refractivity contribution in [3.05, 3.63) is 29.3 Å². The minimum atomic E-state index is 0. The molecule has 0 bridgehead atoms. The van der Waals surface area contributed by atoms with E-state index in [0.29, 0.717) is 0 Å². The Kier molecular flexibility index (Phi) is 6.79. The molecule has 5 heteroatoms. The molecule has 122 valence electrons. The van der Waals surface area contributed by atoms with Crippen LogP contribution in [-0.2, 0) is 12.8 Å². The van der Waals surface area contributed by atoms with E-state index < -0.39 is 0 Å². The molecular formula is C17H26IN3O. The first-order valence-electron chi connectivity index (χ1n) is 8.12. The second-order valence-electron chi connectivity index (χ2n) is 5.93. The number of ether oxygens (including phenoxy) is 1. The lowest BCUT2D eigenvalue weighted by molar-refractivity contribution is 0.357. The van der Waals surface area contributed by atoms with Gasteiger partial charge in [-0.2, -0.15) is 0 Å². The van der Waals surface area contributed by atoms with Gasteiger partial charge in [0.1, 0.15) is 5.75 Å². The lowest BCUT2D eigenvalue weighted by atomic mass is 10.1. The second kappa shape index (κ2) is 8.60. The fraction of sp³-hybridized carbons (Fsp3) is 0.588. The third-order valence-electron chi connectivity index (χ3n) is 4.36. The van der Waals surface area contributed by atoms with Gasteiger partial charge < -0.3 is 15.4 Å². The van der Waals surface area contributed by atoms with Crippen LogP contribution < -0.4 is 10.5 Å². The van der Waals surface area contributed by atoms with Crippen molar-refractivity contribution < 1.29 is 4.74 Å². The fourth-order valence-electron chi connectivity index (χ4n) is 3.09. The third-order valence-corrected chi connectivity index (χ3v) is 4.36. The molecule has 1 saturated heterocycles. The number of fused-ring (bicyclic) bond motifs is 1. The zero-order valence-electron chi connectivity index (χ0n) is 13.1. The zero-order chi connectivity index (χ0) is 14.5. The first-order chi connectivity index (χ1) is 10.3. The van der Waals surface area contributed by atoms with E-state index in [-0.39, 0.29) is 24.0 Å². The third kappa shape index (κ3) is 4.51. The van der Waals surface area contributed by atoms with Crippen LogP contribution in [0.2, 0.25) is 0 Å². The average Bonchev–Trinajstić information content (AvgIpc) is 2.79. The Morgan fingerprint density at radius 2 is 1.95 bits per heavy atom. The normalized spacial score (nSPS) is 18.2. The van der Waals surface area contributed by atoms with Gasteiger partial charge in [0.15, 0.2) is 5.96 Å². The minimum Gasteiger partial charge on any atom is -0.493 e. The number of likely N-dealkylation sites (tertiary alicyclic amines) is 1. The van der Waals surface area contributed by atoms with Crippen molar-refractivity contribution in [3.63, 3.8) is 0 Å². The number of rotatable bonds is 3. The number of hydrogen-bond donors (Lipinski definition) is 1. The summed E-state index contributed by atoms with van der Waals surface area (Å²) >= 11 is 0. The van der Waals surface area contributed by atoms with Gasteiger partial charge in [-0.3, -0.25) is 4.99 Å². The van der Waals surface area contributed by atoms with Crippen LogP contribution in [0.1, 0.15) is 36.8 Å². The van der Waals surface area contributed by atoms with Crippen molar-refractivity contribution in [1.29, 1.82) is 0 Å². The topological polar surface area (TPSA) is 50.9 Å². The number of aliphatic imine (C=N–C) groups is 1. The van der Waals surface area contributed by atoms with Crippen LogP contribution in [0, 0.1) is 0 Å². The highest BCUT2D eigenvalue weighted by atomic mass is 127. The van der Waals surface area contributed by atoms with Gasteiger partial charge in [-0.25, -0.2) is 0 Å². The molecule has 1 aromatic rings. The molecule has 2 aliphatic rings. The Hall–Kier alpha value is -0.980. The molecule has 2 heterocycles. The molecule has 2 aliphatic heterocycles. The first-order valence-corrected chi connectivity index (χ1v) is 8.12. The molecule has 22 heavy (non-hydrogen) atoms. The van der Waals surface area contributed by atoms with Gasteiger partial charge >= 0.3 is 0 Å². The van der Waals surface area contributed by atoms with Crippen LogP contribution in [0.5, 0.6) is 5.75 Å². The van der Waals surface area contributed by atoms with E-state index in [1.54, 1.807) is 0 Å². The molecule has 0 spiro atoms. The molecule has 3 rings (SSSR count). The summed E-state index contributed by atoms with van der Waals surface area (Å²) in [5.74, 6) is 1.77. The summed E-state index contributed by atoms with van der Waals surface area (Å²) in [5, 5.41) is 0. The highest BCUT2D eigenvalue weighted by Crippen LogP contribution is 2.25. The SMILES string of the molecule is I.NC(=NCCc1ccc2c(c1)CCO2)N1CCCCCC1. The summed E-state index contributed by atoms with van der Waals surface area (Å²) in [6.45, 7) is 3.71. The van der Waals surface area contributed by atoms with E-state index in [4.69, 9.17) is 10.5 Å². The van der Waals surface area contributed by atoms with Gasteiger partial charge in [-0.1, -0.05) is 25.0 Å². The maximum atomic E-state index is 6.13. The molecule has 0 saturated carbocycles. The zero-order valence-corrected chi connectivity index (χ0v) is 15.4. The van der Waals surface area contributed by atoms with Gasteiger partial charge in [-0.05, 0) is 36.5 Å². The van der Waals surface area contributed by atoms with Crippen LogP contribution in [0.15, 0.2) is 23.2 Å². The number of nitrogens with zero attached hydrogens (tertiary/aromatic N) is 2. The van der Waals surface area contributed by atoms with Crippen molar-refractivity contribution in [2.24, 2.45) is 10.7 Å². The number of benzene rings is 1. The van der Waals surface area contributed by atoms with Crippen LogP contribution in [0.3, 0.4) is 0 Å². The smallest absolute Gasteiger partial charge is 0.191 e. The fourth-order valence-corrected chi connectivity index (χ4v) is 3.09. The van der Waals surface area contributed by atoms with Gasteiger partial charge in [0.25, 0.3) is 0 Å². The Morgan fingerprint density at radius 3 is 2.73 bits per heavy atom. The Labute approximate surface area is 150 Å². The van der Waals surface area contributed by atoms with Gasteiger partial charge in [0.2, 0.25) is 0 Å². The molecule has 0 atom stereocenters. The summed E-state index contributed by atoms with van der Waals surface area (Å²) < 4.78 is 5.53. The van der Waals surface area contributed by atoms with E-state index in [0.717, 1.165) is 50.8 Å². The average molecular weight is 415 g/mol. The standard InChI is InChI=1S/C17H25N3O.HI/c18-17(20-10-3-1-2-4-11-20)19-9-7-14-5-6-16-15(13-14)8-12-21-16;/h5-6,13H,1-4,7-12H2,(H2,18,19);1H. The highest BCUT2D eigenvalue weighted by molar-refractivity contribution is 14.0. The Bertz CT molecular complexity index is 511. The summed E-state index contributed by atoms with van der Waals surface area (Å²) in [4.78, 5) is 6.81. The largest absolute Gasteiger partial charge is 0.493 e. The number of nitrogens with two attached hydrogens (primary N) is 1. The van der Waals surface area contributed by atoms with Crippen molar-refractivity contribution >= 4 is 29.9 Å². The number of hydrogen-bond acceptors (Lipinski definition) is 2. The molecule has 1 fully saturated rings. The Balaban J connectivity index is 0.00000176. The summed E-state index contributed by atoms with van der Waals surface area (Å²) in [6.07, 6.45) is 7.09. The first kappa shape index (κ1) is 17.4. The number of halogens is 1. The van der Waals surface area contributed by atoms with E-state index in [1.807, 2.05) is 0 Å². The highest BCUT2D eigenvalue weighted by Gasteiger charge is 2.12. The molecule has 2 N–H and O–H groups in total. The van der Waals surface area contributed by atoms with Crippen LogP contribution in [-0.4, -0.2) is 37.1 Å². The van der Waals surface area contributed by atoms with Crippen molar-refractivity contribution in [2.45, 2.75) is 38.5 Å². The van der Waals surface area contributed by atoms with Crippen molar-refractivity contribution in [1.82, 2.24) is 4.90 Å². The summed E-state index contributed by atoms with van der Waals surface area (Å²) in [6, 6.07) is 6.47. The lowest BCUT2D eigenvalue weighted by Crippen LogP contribution is -2.38. The van der Waals surface area contributed by atoms with Gasteiger partial charge in [0, 0.05) is 26.1 Å². The van der Waals surface area contributed by atoms with Crippen molar-refractivity contribution in [3.8, 4) is 5.75 Å². The van der Waals surface area contributed by atoms with Gasteiger partial charge in [0.05, 0.1) is 6.61 Å². The van der Waals surface area contributed by atoms with Gasteiger partial charge in [-0.15, -0.1) is 24.0 Å². The predicted molar refractivity (Wildman–Crippen MR) is 101 cm³/mol. The van der Waals surface area contributed by atoms with E-state index in [1.165, 1.54) is 36.8 Å². The quantitative estimate of drug-likeness (QED) is 0.469. The molecule has 0 radical (unpaired) electrons. The number of guanidine groups is 1. The predicted octanol–water partition coefficient (Wildman–Crippen LogP) is 2.97. The van der Waals surface area contributed by atoms with E-state index in [9.17, 15) is 0 Å². The maximum Gasteiger partial charge on any atom is 0.191 e. The lowest BCUT2D eigenvalue weighted by Gasteiger charge is -2.21. The summed E-state index contributed by atoms with van der Waals surface area (Å²) in [7, 11) is 0. The van der Waals surface area contributed by atoms with Crippen LogP contribution in [0.4, 0.5) is 0 Å². The van der Waals surface area contributed by atoms with Crippen LogP contribution in [0.25, 0.3) is 0 Å². The minimum absolute atomic E-state index is 0. The maximum absolute atomic E-state index is 6.13. The molecule has 0 unspecified atom stereocenters. The van der Waals surface area contributed by atoms with Crippen LogP contribution >= 0.6 is 24.0 Å². The van der Waals surface area contributed by atoms with Crippen molar-refractivity contribution in [2.75, 3.05) is 26.2 Å². The monoisotopic (exact) mass is 415 g/mol. The molecule has 0 aliphatic carbocycles. The molecule has 1 aromatic carbocycles. The molecule has 0 aromatic heterocycles. The molecular weight excluding hydrogens is 389 g/mol.